The second kappa shape index (κ2) is 4.82. The highest BCUT2D eigenvalue weighted by Crippen LogP contribution is 2.34. The lowest BCUT2D eigenvalue weighted by molar-refractivity contribution is 0.1000. The molecule has 104 valence electrons. The van der Waals surface area contributed by atoms with Gasteiger partial charge in [-0.05, 0) is 30.5 Å². The van der Waals surface area contributed by atoms with Crippen LogP contribution in [0.4, 0.5) is 5.69 Å². The molecule has 1 amide bonds. The first kappa shape index (κ1) is 13.8. The first-order valence-electron chi connectivity index (χ1n) is 6.06. The number of nitrogens with two attached hydrogens (primary N) is 2. The molecule has 0 heterocycles. The number of primary amides is 1. The summed E-state index contributed by atoms with van der Waals surface area (Å²) in [5, 5.41) is 0. The molecule has 0 aromatic heterocycles. The summed E-state index contributed by atoms with van der Waals surface area (Å²) in [7, 11) is -3.64. The zero-order valence-corrected chi connectivity index (χ0v) is 11.4. The van der Waals surface area contributed by atoms with E-state index in [2.05, 4.69) is 4.72 Å². The topological polar surface area (TPSA) is 115 Å². The molecule has 1 aliphatic carbocycles. The molecule has 0 radical (unpaired) electrons. The van der Waals surface area contributed by atoms with E-state index in [1.165, 1.54) is 18.2 Å². The first-order chi connectivity index (χ1) is 8.85. The Bertz CT molecular complexity index is 613. The average molecular weight is 283 g/mol. The van der Waals surface area contributed by atoms with Crippen LogP contribution in [0.3, 0.4) is 0 Å². The smallest absolute Gasteiger partial charge is 0.248 e. The molecule has 7 heteroatoms. The van der Waals surface area contributed by atoms with Crippen molar-refractivity contribution in [2.75, 3.05) is 5.73 Å². The minimum absolute atomic E-state index is 0.00906. The van der Waals surface area contributed by atoms with Crippen molar-refractivity contribution < 1.29 is 13.2 Å². The van der Waals surface area contributed by atoms with Gasteiger partial charge in [-0.1, -0.05) is 13.3 Å². The fourth-order valence-corrected chi connectivity index (χ4v) is 3.48. The van der Waals surface area contributed by atoms with Crippen LogP contribution in [0.2, 0.25) is 0 Å². The average Bonchev–Trinajstić information content (AvgIpc) is 3.05. The van der Waals surface area contributed by atoms with Gasteiger partial charge in [0.15, 0.2) is 0 Å². The number of carbonyl (C=O) groups is 1. The van der Waals surface area contributed by atoms with E-state index in [0.717, 1.165) is 12.8 Å². The minimum atomic E-state index is -3.64. The van der Waals surface area contributed by atoms with Gasteiger partial charge >= 0.3 is 0 Å². The van der Waals surface area contributed by atoms with Crippen LogP contribution in [0.1, 0.15) is 30.1 Å². The Morgan fingerprint density at radius 1 is 1.47 bits per heavy atom. The summed E-state index contributed by atoms with van der Waals surface area (Å²) in [5.41, 5.74) is 11.0. The summed E-state index contributed by atoms with van der Waals surface area (Å²) < 4.78 is 26.9. The molecule has 19 heavy (non-hydrogen) atoms. The molecular formula is C12H17N3O3S. The van der Waals surface area contributed by atoms with Gasteiger partial charge in [0.1, 0.15) is 4.90 Å². The van der Waals surface area contributed by atoms with Crippen molar-refractivity contribution in [2.24, 2.45) is 11.7 Å². The molecule has 6 nitrogen and oxygen atoms in total. The third-order valence-corrected chi connectivity index (χ3v) is 4.90. The molecule has 0 saturated heterocycles. The number of nitrogen functional groups attached to an aromatic ring is 1. The van der Waals surface area contributed by atoms with E-state index in [0.29, 0.717) is 5.92 Å². The van der Waals surface area contributed by atoms with E-state index in [1.54, 1.807) is 0 Å². The Morgan fingerprint density at radius 3 is 2.63 bits per heavy atom. The number of nitrogens with one attached hydrogen (secondary N) is 1. The lowest BCUT2D eigenvalue weighted by Gasteiger charge is -2.09. The number of carbonyl (C=O) groups excluding carboxylic acids is 1. The van der Waals surface area contributed by atoms with Gasteiger partial charge in [0.2, 0.25) is 15.9 Å². The second-order valence-electron chi connectivity index (χ2n) is 4.75. The van der Waals surface area contributed by atoms with E-state index in [4.69, 9.17) is 11.5 Å². The third-order valence-electron chi connectivity index (χ3n) is 3.34. The van der Waals surface area contributed by atoms with Crippen molar-refractivity contribution >= 4 is 21.6 Å². The number of rotatable bonds is 5. The van der Waals surface area contributed by atoms with Gasteiger partial charge in [0, 0.05) is 11.6 Å². The molecule has 1 aromatic carbocycles. The molecule has 1 fully saturated rings. The van der Waals surface area contributed by atoms with Crippen molar-refractivity contribution in [3.8, 4) is 0 Å². The lowest BCUT2D eigenvalue weighted by atomic mass is 10.2. The summed E-state index contributed by atoms with van der Waals surface area (Å²) in [4.78, 5) is 11.0. The van der Waals surface area contributed by atoms with Crippen molar-refractivity contribution in [2.45, 2.75) is 30.7 Å². The fraction of sp³-hybridized carbons (Fsp3) is 0.417. The molecule has 5 N–H and O–H groups in total. The van der Waals surface area contributed by atoms with Crippen molar-refractivity contribution in [3.05, 3.63) is 23.8 Å². The highest BCUT2D eigenvalue weighted by Gasteiger charge is 2.39. The summed E-state index contributed by atoms with van der Waals surface area (Å²) in [5.74, 6) is -0.238. The fourth-order valence-electron chi connectivity index (χ4n) is 2.05. The van der Waals surface area contributed by atoms with Crippen LogP contribution in [0.5, 0.6) is 0 Å². The van der Waals surface area contributed by atoms with E-state index >= 15 is 0 Å². The van der Waals surface area contributed by atoms with E-state index in [-0.39, 0.29) is 22.2 Å². The minimum Gasteiger partial charge on any atom is -0.398 e. The lowest BCUT2D eigenvalue weighted by Crippen LogP contribution is -2.28. The highest BCUT2D eigenvalue weighted by molar-refractivity contribution is 7.89. The second-order valence-corrected chi connectivity index (χ2v) is 6.43. The number of anilines is 1. The Balaban J connectivity index is 2.23. The quantitative estimate of drug-likeness (QED) is 0.680. The predicted molar refractivity (Wildman–Crippen MR) is 71.9 cm³/mol. The van der Waals surface area contributed by atoms with Crippen LogP contribution in [0.25, 0.3) is 0 Å². The largest absolute Gasteiger partial charge is 0.398 e. The zero-order valence-electron chi connectivity index (χ0n) is 10.6. The van der Waals surface area contributed by atoms with E-state index < -0.39 is 15.9 Å². The molecule has 0 bridgehead atoms. The van der Waals surface area contributed by atoms with Gasteiger partial charge in [-0.2, -0.15) is 0 Å². The molecule has 1 aromatic rings. The number of sulfonamides is 1. The van der Waals surface area contributed by atoms with Crippen molar-refractivity contribution in [3.63, 3.8) is 0 Å². The zero-order chi connectivity index (χ0) is 14.2. The van der Waals surface area contributed by atoms with E-state index in [9.17, 15) is 13.2 Å². The molecule has 2 atom stereocenters. The maximum absolute atomic E-state index is 12.1. The summed E-state index contributed by atoms with van der Waals surface area (Å²) in [6.07, 6.45) is 1.80. The Labute approximate surface area is 112 Å². The maximum atomic E-state index is 12.1. The molecule has 1 saturated carbocycles. The van der Waals surface area contributed by atoms with Gasteiger partial charge < -0.3 is 11.5 Å². The van der Waals surface area contributed by atoms with Gasteiger partial charge in [0.25, 0.3) is 0 Å². The van der Waals surface area contributed by atoms with Gasteiger partial charge in [-0.3, -0.25) is 4.79 Å². The highest BCUT2D eigenvalue weighted by atomic mass is 32.2. The number of benzene rings is 1. The third kappa shape index (κ3) is 2.87. The molecule has 0 spiro atoms. The standard InChI is InChI=1S/C12H17N3O3S/c1-2-7-6-10(7)15-19(17,18)11-4-3-8(12(14)16)5-9(11)13/h3-5,7,10,15H,2,6,13H2,1H3,(H2,14,16). The van der Waals surface area contributed by atoms with Gasteiger partial charge in [-0.15, -0.1) is 0 Å². The molecule has 1 aliphatic rings. The monoisotopic (exact) mass is 283 g/mol. The maximum Gasteiger partial charge on any atom is 0.248 e. The van der Waals surface area contributed by atoms with Crippen LogP contribution in [0, 0.1) is 5.92 Å². The Hall–Kier alpha value is -1.60. The molecule has 0 aliphatic heterocycles. The van der Waals surface area contributed by atoms with Gasteiger partial charge in [0.05, 0.1) is 5.69 Å². The van der Waals surface area contributed by atoms with Crippen molar-refractivity contribution in [1.29, 1.82) is 0 Å². The number of hydrogen-bond donors (Lipinski definition) is 3. The van der Waals surface area contributed by atoms with Crippen LogP contribution in [-0.2, 0) is 10.0 Å². The molecule has 2 unspecified atom stereocenters. The normalized spacial score (nSPS) is 22.2. The number of hydrogen-bond acceptors (Lipinski definition) is 4. The van der Waals surface area contributed by atoms with Crippen LogP contribution in [0.15, 0.2) is 23.1 Å². The first-order valence-corrected chi connectivity index (χ1v) is 7.55. The number of amides is 1. The molecular weight excluding hydrogens is 266 g/mol. The summed E-state index contributed by atoms with van der Waals surface area (Å²) >= 11 is 0. The Morgan fingerprint density at radius 2 is 2.16 bits per heavy atom. The van der Waals surface area contributed by atoms with Crippen LogP contribution < -0.4 is 16.2 Å². The summed E-state index contributed by atoms with van der Waals surface area (Å²) in [6, 6.07) is 3.94. The summed E-state index contributed by atoms with van der Waals surface area (Å²) in [6.45, 7) is 2.02. The Kier molecular flexibility index (Phi) is 3.51. The predicted octanol–water partition coefficient (Wildman–Crippen LogP) is 0.444. The van der Waals surface area contributed by atoms with Crippen LogP contribution >= 0.6 is 0 Å². The van der Waals surface area contributed by atoms with Crippen LogP contribution in [-0.4, -0.2) is 20.4 Å². The van der Waals surface area contributed by atoms with E-state index in [1.807, 2.05) is 6.92 Å². The van der Waals surface area contributed by atoms with Crippen molar-refractivity contribution in [1.82, 2.24) is 4.72 Å². The van der Waals surface area contributed by atoms with Gasteiger partial charge in [-0.25, -0.2) is 13.1 Å². The molecule has 2 rings (SSSR count). The SMILES string of the molecule is CCC1CC1NS(=O)(=O)c1ccc(C(N)=O)cc1N.